The van der Waals surface area contributed by atoms with Gasteiger partial charge in [0, 0.05) is 18.5 Å². The summed E-state index contributed by atoms with van der Waals surface area (Å²) in [5.74, 6) is 2.14. The van der Waals surface area contributed by atoms with Gasteiger partial charge in [0.1, 0.15) is 11.5 Å². The zero-order valence-corrected chi connectivity index (χ0v) is 16.6. The average molecular weight is 381 g/mol. The fraction of sp³-hybridized carbons (Fsp3) is 0.227. The lowest BCUT2D eigenvalue weighted by Gasteiger charge is -2.17. The summed E-state index contributed by atoms with van der Waals surface area (Å²) in [4.78, 5) is 15.3. The number of benzene rings is 3. The molecule has 4 nitrogen and oxygen atoms in total. The van der Waals surface area contributed by atoms with Crippen LogP contribution in [0.5, 0.6) is 11.5 Å². The number of fused-ring (bicyclic) bond motifs is 1. The zero-order valence-electron chi connectivity index (χ0n) is 15.8. The van der Waals surface area contributed by atoms with E-state index in [2.05, 4.69) is 18.2 Å². The summed E-state index contributed by atoms with van der Waals surface area (Å²) in [6.07, 6.45) is 0. The Labute approximate surface area is 164 Å². The van der Waals surface area contributed by atoms with Crippen molar-refractivity contribution in [1.82, 2.24) is 4.90 Å². The summed E-state index contributed by atoms with van der Waals surface area (Å²) in [5.41, 5.74) is 1.11. The molecule has 0 spiro atoms. The first-order valence-corrected chi connectivity index (χ1v) is 9.65. The minimum absolute atomic E-state index is 0.0950. The van der Waals surface area contributed by atoms with Crippen LogP contribution in [0, 0.1) is 0 Å². The molecule has 0 saturated heterocycles. The number of hydrogen-bond donors (Lipinski definition) is 0. The van der Waals surface area contributed by atoms with E-state index in [9.17, 15) is 4.79 Å². The molecule has 1 amide bonds. The Balaban J connectivity index is 1.61. The van der Waals surface area contributed by atoms with Crippen LogP contribution in [0.25, 0.3) is 10.8 Å². The number of nitrogens with zero attached hydrogens (tertiary/aromatic N) is 1. The first-order valence-electron chi connectivity index (χ1n) is 8.66. The van der Waals surface area contributed by atoms with E-state index in [-0.39, 0.29) is 5.91 Å². The molecule has 0 N–H and O–H groups in total. The number of carbonyl (C=O) groups excluding carboxylic acids is 1. The number of ether oxygens (including phenoxy) is 2. The van der Waals surface area contributed by atoms with E-state index in [0.717, 1.165) is 32.7 Å². The van der Waals surface area contributed by atoms with Crippen LogP contribution in [-0.4, -0.2) is 37.8 Å². The molecule has 0 aliphatic heterocycles. The molecule has 0 atom stereocenters. The smallest absolute Gasteiger partial charge is 0.232 e. The van der Waals surface area contributed by atoms with Gasteiger partial charge in [0.15, 0.2) is 0 Å². The van der Waals surface area contributed by atoms with Gasteiger partial charge in [0.2, 0.25) is 5.91 Å². The van der Waals surface area contributed by atoms with E-state index in [1.807, 2.05) is 49.5 Å². The Kier molecular flexibility index (Phi) is 6.24. The number of methoxy groups -OCH3 is 2. The van der Waals surface area contributed by atoms with E-state index < -0.39 is 0 Å². The standard InChI is InChI=1S/C22H23NO3S/c1-23(22(24)15-27-21-6-4-5-19(13-21)25-2)14-16-7-8-18-12-20(26-3)10-9-17(18)11-16/h4-13H,14-15H2,1-3H3. The topological polar surface area (TPSA) is 38.8 Å². The van der Waals surface area contributed by atoms with Crippen molar-refractivity contribution in [1.29, 1.82) is 0 Å². The highest BCUT2D eigenvalue weighted by Crippen LogP contribution is 2.24. The molecule has 0 aliphatic carbocycles. The van der Waals surface area contributed by atoms with Crippen molar-refractivity contribution in [2.24, 2.45) is 0 Å². The van der Waals surface area contributed by atoms with Crippen LogP contribution in [0.1, 0.15) is 5.56 Å². The molecule has 0 aliphatic rings. The Bertz CT molecular complexity index is 942. The third kappa shape index (κ3) is 4.95. The lowest BCUT2D eigenvalue weighted by molar-refractivity contribution is -0.127. The lowest BCUT2D eigenvalue weighted by atomic mass is 10.1. The molecule has 0 saturated carbocycles. The summed E-state index contributed by atoms with van der Waals surface area (Å²) in [5, 5.41) is 2.26. The summed E-state index contributed by atoms with van der Waals surface area (Å²) >= 11 is 1.52. The summed E-state index contributed by atoms with van der Waals surface area (Å²) < 4.78 is 10.5. The van der Waals surface area contributed by atoms with Crippen LogP contribution in [0.15, 0.2) is 65.6 Å². The molecule has 3 aromatic rings. The van der Waals surface area contributed by atoms with Gasteiger partial charge in [-0.25, -0.2) is 0 Å². The molecule has 3 aromatic carbocycles. The largest absolute Gasteiger partial charge is 0.497 e. The van der Waals surface area contributed by atoms with E-state index >= 15 is 0 Å². The Morgan fingerprint density at radius 3 is 2.41 bits per heavy atom. The first-order chi connectivity index (χ1) is 13.1. The molecule has 0 aromatic heterocycles. The maximum Gasteiger partial charge on any atom is 0.232 e. The maximum atomic E-state index is 12.5. The van der Waals surface area contributed by atoms with Gasteiger partial charge < -0.3 is 14.4 Å². The fourth-order valence-corrected chi connectivity index (χ4v) is 3.69. The maximum absolute atomic E-state index is 12.5. The SMILES string of the molecule is COc1cccc(SCC(=O)N(C)Cc2ccc3cc(OC)ccc3c2)c1. The highest BCUT2D eigenvalue weighted by Gasteiger charge is 2.11. The number of thioether (sulfide) groups is 1. The molecule has 3 rings (SSSR count). The predicted octanol–water partition coefficient (Wildman–Crippen LogP) is 4.61. The lowest BCUT2D eigenvalue weighted by Crippen LogP contribution is -2.27. The third-order valence-electron chi connectivity index (χ3n) is 4.36. The quantitative estimate of drug-likeness (QED) is 0.560. The minimum atomic E-state index is 0.0950. The van der Waals surface area contributed by atoms with Gasteiger partial charge in [0.05, 0.1) is 20.0 Å². The molecule has 27 heavy (non-hydrogen) atoms. The van der Waals surface area contributed by atoms with Crippen LogP contribution < -0.4 is 9.47 Å². The number of amides is 1. The molecule has 5 heteroatoms. The van der Waals surface area contributed by atoms with Gasteiger partial charge in [0.25, 0.3) is 0 Å². The van der Waals surface area contributed by atoms with Gasteiger partial charge in [-0.2, -0.15) is 0 Å². The third-order valence-corrected chi connectivity index (χ3v) is 5.34. The summed E-state index contributed by atoms with van der Waals surface area (Å²) in [7, 11) is 5.15. The summed E-state index contributed by atoms with van der Waals surface area (Å²) in [6.45, 7) is 0.583. The Morgan fingerprint density at radius 2 is 1.63 bits per heavy atom. The van der Waals surface area contributed by atoms with Gasteiger partial charge in [-0.05, 0) is 52.7 Å². The number of carbonyl (C=O) groups is 1. The van der Waals surface area contributed by atoms with Gasteiger partial charge in [-0.3, -0.25) is 4.79 Å². The Hall–Kier alpha value is -2.66. The van der Waals surface area contributed by atoms with Crippen molar-refractivity contribution in [3.05, 3.63) is 66.2 Å². The van der Waals surface area contributed by atoms with Crippen molar-refractivity contribution in [3.8, 4) is 11.5 Å². The van der Waals surface area contributed by atoms with Gasteiger partial charge >= 0.3 is 0 Å². The Morgan fingerprint density at radius 1 is 0.926 bits per heavy atom. The van der Waals surface area contributed by atoms with Crippen molar-refractivity contribution in [3.63, 3.8) is 0 Å². The molecular formula is C22H23NO3S. The highest BCUT2D eigenvalue weighted by molar-refractivity contribution is 8.00. The van der Waals surface area contributed by atoms with E-state index in [4.69, 9.17) is 9.47 Å². The molecule has 0 bridgehead atoms. The number of hydrogen-bond acceptors (Lipinski definition) is 4. The van der Waals surface area contributed by atoms with Crippen LogP contribution in [0.4, 0.5) is 0 Å². The second kappa shape index (κ2) is 8.82. The van der Waals surface area contributed by atoms with Crippen molar-refractivity contribution in [2.45, 2.75) is 11.4 Å². The molecule has 0 radical (unpaired) electrons. The summed E-state index contributed by atoms with van der Waals surface area (Å²) in [6, 6.07) is 20.0. The fourth-order valence-electron chi connectivity index (χ4n) is 2.81. The van der Waals surface area contributed by atoms with Gasteiger partial charge in [-0.15, -0.1) is 11.8 Å². The van der Waals surface area contributed by atoms with E-state index in [1.165, 1.54) is 11.8 Å². The van der Waals surface area contributed by atoms with E-state index in [1.54, 1.807) is 19.1 Å². The monoisotopic (exact) mass is 381 g/mol. The second-order valence-corrected chi connectivity index (χ2v) is 7.31. The minimum Gasteiger partial charge on any atom is -0.497 e. The van der Waals surface area contributed by atoms with Crippen LogP contribution in [0.3, 0.4) is 0 Å². The van der Waals surface area contributed by atoms with Crippen molar-refractivity contribution in [2.75, 3.05) is 27.0 Å². The molecule has 0 heterocycles. The molecular weight excluding hydrogens is 358 g/mol. The van der Waals surface area contributed by atoms with Crippen LogP contribution >= 0.6 is 11.8 Å². The normalized spacial score (nSPS) is 10.6. The average Bonchev–Trinajstić information content (AvgIpc) is 2.71. The molecule has 140 valence electrons. The zero-order chi connectivity index (χ0) is 19.2. The van der Waals surface area contributed by atoms with Crippen molar-refractivity contribution >= 4 is 28.4 Å². The van der Waals surface area contributed by atoms with Crippen molar-refractivity contribution < 1.29 is 14.3 Å². The predicted molar refractivity (Wildman–Crippen MR) is 111 cm³/mol. The van der Waals surface area contributed by atoms with E-state index in [0.29, 0.717) is 12.3 Å². The highest BCUT2D eigenvalue weighted by atomic mass is 32.2. The first kappa shape index (κ1) is 19.1. The van der Waals surface area contributed by atoms with Gasteiger partial charge in [-0.1, -0.05) is 24.3 Å². The molecule has 0 unspecified atom stereocenters. The van der Waals surface area contributed by atoms with Crippen LogP contribution in [0.2, 0.25) is 0 Å². The van der Waals surface area contributed by atoms with Crippen LogP contribution in [-0.2, 0) is 11.3 Å². The number of rotatable bonds is 7. The second-order valence-electron chi connectivity index (χ2n) is 6.26. The molecule has 0 fully saturated rings.